The van der Waals surface area contributed by atoms with Crippen LogP contribution in [0.3, 0.4) is 0 Å². The monoisotopic (exact) mass is 272 g/mol. The second kappa shape index (κ2) is 4.27. The predicted octanol–water partition coefficient (Wildman–Crippen LogP) is 3.75. The molecule has 4 heteroatoms. The van der Waals surface area contributed by atoms with Crippen molar-refractivity contribution in [2.24, 2.45) is 5.41 Å². The van der Waals surface area contributed by atoms with Gasteiger partial charge < -0.3 is 15.0 Å². The number of benzene rings is 1. The van der Waals surface area contributed by atoms with Crippen LogP contribution in [-0.2, 0) is 0 Å². The highest BCUT2D eigenvalue weighted by atomic mass is 16.5. The van der Waals surface area contributed by atoms with Gasteiger partial charge >= 0.3 is 0 Å². The minimum atomic E-state index is 0.273. The Morgan fingerprint density at radius 3 is 2.70 bits per heavy atom. The molecule has 1 heterocycles. The Morgan fingerprint density at radius 2 is 2.10 bits per heavy atom. The Balaban J connectivity index is 2.15. The van der Waals surface area contributed by atoms with Crippen LogP contribution in [0.25, 0.3) is 11.1 Å². The van der Waals surface area contributed by atoms with E-state index in [-0.39, 0.29) is 5.41 Å². The fraction of sp³-hybridized carbons (Fsp3) is 0.438. The van der Waals surface area contributed by atoms with Crippen molar-refractivity contribution in [1.82, 2.24) is 5.16 Å². The van der Waals surface area contributed by atoms with E-state index in [9.17, 15) is 0 Å². The average molecular weight is 272 g/mol. The van der Waals surface area contributed by atoms with Crippen LogP contribution in [0.1, 0.15) is 37.4 Å². The topological polar surface area (TPSA) is 61.3 Å². The molecule has 1 unspecified atom stereocenters. The largest absolute Gasteiger partial charge is 0.496 e. The molecule has 0 radical (unpaired) electrons. The van der Waals surface area contributed by atoms with Gasteiger partial charge in [-0.25, -0.2) is 0 Å². The summed E-state index contributed by atoms with van der Waals surface area (Å²) in [7, 11) is 1.67. The number of hydrogen-bond donors (Lipinski definition) is 1. The van der Waals surface area contributed by atoms with Gasteiger partial charge in [0.1, 0.15) is 5.75 Å². The van der Waals surface area contributed by atoms with Crippen LogP contribution in [0.5, 0.6) is 5.75 Å². The molecule has 0 saturated heterocycles. The Bertz CT molecular complexity index is 658. The molecule has 1 atom stereocenters. The maximum atomic E-state index is 6.02. The Morgan fingerprint density at radius 1 is 1.40 bits per heavy atom. The first-order valence-electron chi connectivity index (χ1n) is 6.84. The van der Waals surface area contributed by atoms with Gasteiger partial charge in [0.15, 0.2) is 0 Å². The Hall–Kier alpha value is -1.97. The number of nitrogen functional groups attached to an aromatic ring is 1. The second-order valence-electron chi connectivity index (χ2n) is 6.26. The first kappa shape index (κ1) is 13.0. The standard InChI is InChI=1S/C16H20N2O2/c1-9-5-6-12(19-4)10(7-9)13-14(18-20-15(13)17)11-8-16(11,2)3/h5-7,11H,8,17H2,1-4H3. The van der Waals surface area contributed by atoms with E-state index in [0.29, 0.717) is 11.8 Å². The van der Waals surface area contributed by atoms with Gasteiger partial charge in [0, 0.05) is 11.5 Å². The molecule has 1 saturated carbocycles. The summed E-state index contributed by atoms with van der Waals surface area (Å²) >= 11 is 0. The molecule has 20 heavy (non-hydrogen) atoms. The van der Waals surface area contributed by atoms with Crippen molar-refractivity contribution in [3.8, 4) is 16.9 Å². The van der Waals surface area contributed by atoms with Crippen LogP contribution in [0.4, 0.5) is 5.88 Å². The van der Waals surface area contributed by atoms with Crippen molar-refractivity contribution in [2.75, 3.05) is 12.8 Å². The molecular weight excluding hydrogens is 252 g/mol. The lowest BCUT2D eigenvalue weighted by molar-refractivity contribution is 0.416. The van der Waals surface area contributed by atoms with Crippen molar-refractivity contribution < 1.29 is 9.26 Å². The number of methoxy groups -OCH3 is 1. The minimum Gasteiger partial charge on any atom is -0.496 e. The van der Waals surface area contributed by atoms with E-state index in [2.05, 4.69) is 25.1 Å². The molecule has 2 N–H and O–H groups in total. The van der Waals surface area contributed by atoms with E-state index in [1.54, 1.807) is 7.11 Å². The molecule has 1 aromatic carbocycles. The number of ether oxygens (including phenoxy) is 1. The molecular formula is C16H20N2O2. The van der Waals surface area contributed by atoms with Crippen LogP contribution in [0, 0.1) is 12.3 Å². The third-order valence-corrected chi connectivity index (χ3v) is 4.21. The minimum absolute atomic E-state index is 0.273. The molecule has 0 aliphatic heterocycles. The summed E-state index contributed by atoms with van der Waals surface area (Å²) in [6, 6.07) is 6.05. The highest BCUT2D eigenvalue weighted by Crippen LogP contribution is 2.60. The van der Waals surface area contributed by atoms with Crippen molar-refractivity contribution in [2.45, 2.75) is 33.1 Å². The number of nitrogens with two attached hydrogens (primary N) is 1. The van der Waals surface area contributed by atoms with E-state index in [0.717, 1.165) is 34.6 Å². The molecule has 2 aromatic rings. The van der Waals surface area contributed by atoms with E-state index >= 15 is 0 Å². The van der Waals surface area contributed by atoms with Crippen molar-refractivity contribution in [3.63, 3.8) is 0 Å². The van der Waals surface area contributed by atoms with Gasteiger partial charge in [-0.1, -0.05) is 30.6 Å². The Labute approximate surface area is 118 Å². The highest BCUT2D eigenvalue weighted by molar-refractivity contribution is 5.81. The first-order valence-corrected chi connectivity index (χ1v) is 6.84. The molecule has 1 aliphatic rings. The first-order chi connectivity index (χ1) is 9.44. The van der Waals surface area contributed by atoms with Crippen molar-refractivity contribution in [3.05, 3.63) is 29.5 Å². The number of rotatable bonds is 3. The molecule has 3 rings (SSSR count). The summed E-state index contributed by atoms with van der Waals surface area (Å²) < 4.78 is 10.7. The van der Waals surface area contributed by atoms with E-state index in [1.165, 1.54) is 0 Å². The molecule has 106 valence electrons. The van der Waals surface area contributed by atoms with Gasteiger partial charge in [0.25, 0.3) is 0 Å². The SMILES string of the molecule is COc1ccc(C)cc1-c1c(C2CC2(C)C)noc1N. The molecule has 0 spiro atoms. The smallest absolute Gasteiger partial charge is 0.230 e. The number of aromatic nitrogens is 1. The third-order valence-electron chi connectivity index (χ3n) is 4.21. The van der Waals surface area contributed by atoms with E-state index in [4.69, 9.17) is 15.0 Å². The van der Waals surface area contributed by atoms with Gasteiger partial charge in [0.05, 0.1) is 18.4 Å². The van der Waals surface area contributed by atoms with Gasteiger partial charge in [-0.3, -0.25) is 0 Å². The summed E-state index contributed by atoms with van der Waals surface area (Å²) in [6.07, 6.45) is 1.11. The lowest BCUT2D eigenvalue weighted by Crippen LogP contribution is -1.96. The molecule has 0 amide bonds. The second-order valence-corrected chi connectivity index (χ2v) is 6.26. The fourth-order valence-corrected chi connectivity index (χ4v) is 2.78. The number of nitrogens with zero attached hydrogens (tertiary/aromatic N) is 1. The third kappa shape index (κ3) is 1.96. The van der Waals surface area contributed by atoms with Crippen LogP contribution in [-0.4, -0.2) is 12.3 Å². The number of aryl methyl sites for hydroxylation is 1. The molecule has 4 nitrogen and oxygen atoms in total. The Kier molecular flexibility index (Phi) is 2.78. The van der Waals surface area contributed by atoms with E-state index < -0.39 is 0 Å². The van der Waals surface area contributed by atoms with Gasteiger partial charge in [-0.05, 0) is 30.9 Å². The quantitative estimate of drug-likeness (QED) is 0.924. The summed E-state index contributed by atoms with van der Waals surface area (Å²) in [6.45, 7) is 6.52. The van der Waals surface area contributed by atoms with Gasteiger partial charge in [-0.2, -0.15) is 0 Å². The summed E-state index contributed by atoms with van der Waals surface area (Å²) in [5, 5.41) is 4.20. The predicted molar refractivity (Wildman–Crippen MR) is 78.8 cm³/mol. The normalized spacial score (nSPS) is 19.9. The van der Waals surface area contributed by atoms with Crippen LogP contribution in [0.15, 0.2) is 22.7 Å². The summed E-state index contributed by atoms with van der Waals surface area (Å²) in [4.78, 5) is 0. The fourth-order valence-electron chi connectivity index (χ4n) is 2.78. The molecule has 1 fully saturated rings. The summed E-state index contributed by atoms with van der Waals surface area (Å²) in [5.74, 6) is 1.57. The number of hydrogen-bond acceptors (Lipinski definition) is 4. The maximum absolute atomic E-state index is 6.02. The van der Waals surface area contributed by atoms with Gasteiger partial charge in [-0.15, -0.1) is 0 Å². The van der Waals surface area contributed by atoms with Crippen molar-refractivity contribution in [1.29, 1.82) is 0 Å². The summed E-state index contributed by atoms with van der Waals surface area (Å²) in [5.41, 5.74) is 10.3. The van der Waals surface area contributed by atoms with E-state index in [1.807, 2.05) is 19.1 Å². The molecule has 0 bridgehead atoms. The molecule has 1 aromatic heterocycles. The van der Waals surface area contributed by atoms with Crippen molar-refractivity contribution >= 4 is 5.88 Å². The highest BCUT2D eigenvalue weighted by Gasteiger charge is 2.50. The zero-order valence-corrected chi connectivity index (χ0v) is 12.4. The zero-order valence-electron chi connectivity index (χ0n) is 12.4. The van der Waals surface area contributed by atoms with Crippen LogP contribution >= 0.6 is 0 Å². The maximum Gasteiger partial charge on any atom is 0.230 e. The average Bonchev–Trinajstić information content (AvgIpc) is 2.86. The lowest BCUT2D eigenvalue weighted by Gasteiger charge is -2.10. The van der Waals surface area contributed by atoms with Gasteiger partial charge in [0.2, 0.25) is 5.88 Å². The molecule has 1 aliphatic carbocycles. The lowest BCUT2D eigenvalue weighted by atomic mass is 9.97. The van der Waals surface area contributed by atoms with Crippen LogP contribution in [0.2, 0.25) is 0 Å². The van der Waals surface area contributed by atoms with Crippen LogP contribution < -0.4 is 10.5 Å². The zero-order chi connectivity index (χ0) is 14.5. The number of anilines is 1.